The highest BCUT2D eigenvalue weighted by atomic mass is 79.9. The van der Waals surface area contributed by atoms with Crippen molar-refractivity contribution in [3.8, 4) is 5.75 Å². The molecular formula is C15H16BrNO3. The molecule has 0 radical (unpaired) electrons. The van der Waals surface area contributed by atoms with Gasteiger partial charge in [0, 0.05) is 0 Å². The fourth-order valence-electron chi connectivity index (χ4n) is 1.94. The van der Waals surface area contributed by atoms with Gasteiger partial charge < -0.3 is 14.8 Å². The van der Waals surface area contributed by atoms with Gasteiger partial charge in [0.2, 0.25) is 0 Å². The molecule has 1 aromatic carbocycles. The highest BCUT2D eigenvalue weighted by molar-refractivity contribution is 9.10. The molecule has 1 heterocycles. The van der Waals surface area contributed by atoms with Crippen molar-refractivity contribution in [2.24, 2.45) is 0 Å². The molecule has 0 fully saturated rings. The largest absolute Gasteiger partial charge is 0.506 e. The van der Waals surface area contributed by atoms with Crippen LogP contribution in [-0.2, 0) is 0 Å². The summed E-state index contributed by atoms with van der Waals surface area (Å²) in [6.45, 7) is 5.54. The number of hydrogen-bond donors (Lipinski definition) is 2. The molecule has 1 atom stereocenters. The normalized spacial score (nSPS) is 12.2. The number of phenols is 1. The lowest BCUT2D eigenvalue weighted by Gasteiger charge is -2.13. The number of hydrogen-bond acceptors (Lipinski definition) is 3. The highest BCUT2D eigenvalue weighted by Crippen LogP contribution is 2.29. The summed E-state index contributed by atoms with van der Waals surface area (Å²) in [5.74, 6) is 1.08. The quantitative estimate of drug-likeness (QED) is 0.893. The van der Waals surface area contributed by atoms with Gasteiger partial charge in [-0.1, -0.05) is 0 Å². The van der Waals surface area contributed by atoms with Gasteiger partial charge in [-0.3, -0.25) is 4.79 Å². The summed E-state index contributed by atoms with van der Waals surface area (Å²) in [7, 11) is 0. The van der Waals surface area contributed by atoms with Crippen LogP contribution < -0.4 is 5.32 Å². The minimum absolute atomic E-state index is 0.0593. The number of aromatic hydroxyl groups is 1. The van der Waals surface area contributed by atoms with Crippen molar-refractivity contribution in [3.05, 3.63) is 51.4 Å². The molecule has 1 unspecified atom stereocenters. The Morgan fingerprint density at radius 2 is 2.05 bits per heavy atom. The maximum absolute atomic E-state index is 12.2. The van der Waals surface area contributed by atoms with Gasteiger partial charge in [-0.05, 0) is 66.5 Å². The predicted octanol–water partition coefficient (Wildman–Crippen LogP) is 3.86. The zero-order valence-electron chi connectivity index (χ0n) is 11.5. The molecule has 2 N–H and O–H groups in total. The molecule has 0 aliphatic carbocycles. The minimum Gasteiger partial charge on any atom is -0.506 e. The highest BCUT2D eigenvalue weighted by Gasteiger charge is 2.18. The summed E-state index contributed by atoms with van der Waals surface area (Å²) in [4.78, 5) is 12.2. The first-order chi connectivity index (χ1) is 9.38. The van der Waals surface area contributed by atoms with E-state index in [4.69, 9.17) is 4.42 Å². The summed E-state index contributed by atoms with van der Waals surface area (Å²) in [6, 6.07) is 6.81. The minimum atomic E-state index is -0.339. The lowest BCUT2D eigenvalue weighted by Crippen LogP contribution is -2.26. The Bertz CT molecular complexity index is 649. The molecule has 106 valence electrons. The molecule has 2 aromatic rings. The molecule has 0 aliphatic rings. The number of carbonyl (C=O) groups excluding carboxylic acids is 1. The molecule has 0 bridgehead atoms. The van der Waals surface area contributed by atoms with Crippen LogP contribution in [0.5, 0.6) is 5.75 Å². The molecule has 5 heteroatoms. The van der Waals surface area contributed by atoms with E-state index < -0.39 is 0 Å². The summed E-state index contributed by atoms with van der Waals surface area (Å²) >= 11 is 3.23. The smallest absolute Gasteiger partial charge is 0.255 e. The maximum atomic E-state index is 12.2. The Morgan fingerprint density at radius 1 is 1.35 bits per heavy atom. The van der Waals surface area contributed by atoms with Crippen LogP contribution >= 0.6 is 15.9 Å². The molecule has 0 spiro atoms. The van der Waals surface area contributed by atoms with Gasteiger partial charge in [-0.25, -0.2) is 0 Å². The Morgan fingerprint density at radius 3 is 2.65 bits per heavy atom. The zero-order chi connectivity index (χ0) is 14.9. The molecule has 1 aromatic heterocycles. The number of benzene rings is 1. The lowest BCUT2D eigenvalue weighted by molar-refractivity contribution is 0.0932. The monoisotopic (exact) mass is 337 g/mol. The fraction of sp³-hybridized carbons (Fsp3) is 0.267. The third kappa shape index (κ3) is 3.04. The van der Waals surface area contributed by atoms with Crippen molar-refractivity contribution >= 4 is 21.8 Å². The van der Waals surface area contributed by atoms with Gasteiger partial charge in [0.25, 0.3) is 5.91 Å². The second kappa shape index (κ2) is 5.71. The van der Waals surface area contributed by atoms with Crippen LogP contribution in [0.2, 0.25) is 0 Å². The number of halogens is 1. The zero-order valence-corrected chi connectivity index (χ0v) is 13.1. The second-order valence-electron chi connectivity index (χ2n) is 4.79. The standard InChI is InChI=1S/C15H16BrNO3/c1-8-6-11(14(18)12(16)7-8)15(19)17-10(3)13-5-4-9(2)20-13/h4-7,10,18H,1-3H3,(H,17,19). The van der Waals surface area contributed by atoms with Crippen LogP contribution in [0.3, 0.4) is 0 Å². The molecule has 0 saturated carbocycles. The van der Waals surface area contributed by atoms with Crippen molar-refractivity contribution in [1.82, 2.24) is 5.32 Å². The van der Waals surface area contributed by atoms with Crippen LogP contribution in [-0.4, -0.2) is 11.0 Å². The van der Waals surface area contributed by atoms with Crippen LogP contribution in [0.15, 0.2) is 33.2 Å². The van der Waals surface area contributed by atoms with E-state index in [0.29, 0.717) is 10.2 Å². The topological polar surface area (TPSA) is 62.5 Å². The van der Waals surface area contributed by atoms with E-state index in [2.05, 4.69) is 21.2 Å². The van der Waals surface area contributed by atoms with E-state index in [1.807, 2.05) is 32.9 Å². The summed E-state index contributed by atoms with van der Waals surface area (Å²) in [5, 5.41) is 12.8. The van der Waals surface area contributed by atoms with Crippen LogP contribution in [0.1, 0.15) is 40.4 Å². The molecule has 0 aliphatic heterocycles. The van der Waals surface area contributed by atoms with E-state index in [1.54, 1.807) is 12.1 Å². The van der Waals surface area contributed by atoms with Crippen molar-refractivity contribution in [3.63, 3.8) is 0 Å². The number of furan rings is 1. The predicted molar refractivity (Wildman–Crippen MR) is 79.9 cm³/mol. The summed E-state index contributed by atoms with van der Waals surface area (Å²) in [5.41, 5.74) is 1.13. The lowest BCUT2D eigenvalue weighted by atomic mass is 10.1. The summed E-state index contributed by atoms with van der Waals surface area (Å²) in [6.07, 6.45) is 0. The van der Waals surface area contributed by atoms with Gasteiger partial charge in [0.1, 0.15) is 17.3 Å². The van der Waals surface area contributed by atoms with E-state index in [9.17, 15) is 9.90 Å². The van der Waals surface area contributed by atoms with Gasteiger partial charge in [-0.15, -0.1) is 0 Å². The molecule has 1 amide bonds. The Hall–Kier alpha value is -1.75. The van der Waals surface area contributed by atoms with Gasteiger partial charge in [0.05, 0.1) is 16.1 Å². The van der Waals surface area contributed by atoms with Crippen molar-refractivity contribution in [1.29, 1.82) is 0 Å². The SMILES string of the molecule is Cc1cc(Br)c(O)c(C(=O)NC(C)c2ccc(C)o2)c1. The molecule has 20 heavy (non-hydrogen) atoms. The second-order valence-corrected chi connectivity index (χ2v) is 5.64. The average Bonchev–Trinajstić information content (AvgIpc) is 2.80. The van der Waals surface area contributed by atoms with Gasteiger partial charge in [-0.2, -0.15) is 0 Å². The number of aryl methyl sites for hydroxylation is 2. The molecule has 2 rings (SSSR count). The first-order valence-electron chi connectivity index (χ1n) is 6.25. The fourth-order valence-corrected chi connectivity index (χ4v) is 2.51. The first-order valence-corrected chi connectivity index (χ1v) is 7.04. The van der Waals surface area contributed by atoms with Crippen molar-refractivity contribution in [2.45, 2.75) is 26.8 Å². The Labute approximate surface area is 125 Å². The van der Waals surface area contributed by atoms with E-state index in [0.717, 1.165) is 11.3 Å². The van der Waals surface area contributed by atoms with E-state index in [1.165, 1.54) is 0 Å². The van der Waals surface area contributed by atoms with Crippen molar-refractivity contribution in [2.75, 3.05) is 0 Å². The maximum Gasteiger partial charge on any atom is 0.255 e. The number of amides is 1. The Kier molecular flexibility index (Phi) is 4.18. The van der Waals surface area contributed by atoms with Gasteiger partial charge >= 0.3 is 0 Å². The number of phenolic OH excluding ortho intramolecular Hbond substituents is 1. The summed E-state index contributed by atoms with van der Waals surface area (Å²) < 4.78 is 5.98. The van der Waals surface area contributed by atoms with Crippen LogP contribution in [0.25, 0.3) is 0 Å². The van der Waals surface area contributed by atoms with Crippen molar-refractivity contribution < 1.29 is 14.3 Å². The molecule has 4 nitrogen and oxygen atoms in total. The number of carbonyl (C=O) groups is 1. The van der Waals surface area contributed by atoms with Crippen LogP contribution in [0.4, 0.5) is 0 Å². The average molecular weight is 338 g/mol. The van der Waals surface area contributed by atoms with Gasteiger partial charge in [0.15, 0.2) is 0 Å². The molecular weight excluding hydrogens is 322 g/mol. The number of rotatable bonds is 3. The number of nitrogens with one attached hydrogen (secondary N) is 1. The molecule has 0 saturated heterocycles. The van der Waals surface area contributed by atoms with E-state index >= 15 is 0 Å². The van der Waals surface area contributed by atoms with Crippen LogP contribution in [0, 0.1) is 13.8 Å². The van der Waals surface area contributed by atoms with E-state index in [-0.39, 0.29) is 23.3 Å². The first kappa shape index (κ1) is 14.7. The third-order valence-corrected chi connectivity index (χ3v) is 3.59. The third-order valence-electron chi connectivity index (χ3n) is 2.99. The Balaban J connectivity index is 2.20.